The van der Waals surface area contributed by atoms with E-state index in [-0.39, 0.29) is 15.7 Å². The van der Waals surface area contributed by atoms with Crippen LogP contribution in [0.5, 0.6) is 0 Å². The zero-order valence-electron chi connectivity index (χ0n) is 12.9. The Balaban J connectivity index is 2.49. The van der Waals surface area contributed by atoms with E-state index in [1.807, 2.05) is 0 Å². The molecule has 2 aromatic carbocycles. The van der Waals surface area contributed by atoms with Crippen molar-refractivity contribution >= 4 is 49.2 Å². The van der Waals surface area contributed by atoms with Gasteiger partial charge in [-0.3, -0.25) is 9.11 Å². The Labute approximate surface area is 148 Å². The predicted molar refractivity (Wildman–Crippen MR) is 94.6 cm³/mol. The Morgan fingerprint density at radius 2 is 1.54 bits per heavy atom. The number of hydrogen-bond acceptors (Lipinski definition) is 7. The number of benzene rings is 2. The van der Waals surface area contributed by atoms with Crippen LogP contribution in [-0.2, 0) is 20.4 Å². The number of amides is 2. The summed E-state index contributed by atoms with van der Waals surface area (Å²) in [4.78, 5) is 11.5. The van der Waals surface area contributed by atoms with Crippen LogP contribution in [0.4, 0.5) is 27.5 Å². The van der Waals surface area contributed by atoms with Gasteiger partial charge in [0.15, 0.2) is 0 Å². The second-order valence-corrected chi connectivity index (χ2v) is 7.64. The van der Waals surface area contributed by atoms with Gasteiger partial charge in [0.25, 0.3) is 10.1 Å². The molecule has 0 aliphatic rings. The molecule has 0 atom stereocenters. The Kier molecular flexibility index (Phi) is 5.09. The summed E-state index contributed by atoms with van der Waals surface area (Å²) in [5.41, 5.74) is 10.5. The molecule has 0 fully saturated rings. The third-order valence-corrected chi connectivity index (χ3v) is 4.83. The van der Waals surface area contributed by atoms with Gasteiger partial charge in [0, 0.05) is 11.4 Å². The van der Waals surface area contributed by atoms with E-state index >= 15 is 0 Å². The third kappa shape index (κ3) is 4.40. The number of urea groups is 1. The highest BCUT2D eigenvalue weighted by Crippen LogP contribution is 2.27. The molecule has 11 nitrogen and oxygen atoms in total. The standard InChI is InChI=1S/C13H14N4O7S2/c14-8-1-3-9(4-2-8)16-13(18)17(26(22,23)24)10-5-6-11(15)12(7-10)25(19,20)21/h1-7H,14-15H2,(H,16,18)(H,19,20,21)(H,22,23,24). The Hall–Kier alpha value is -2.87. The molecule has 2 rings (SSSR count). The van der Waals surface area contributed by atoms with E-state index in [9.17, 15) is 26.2 Å². The monoisotopic (exact) mass is 402 g/mol. The third-order valence-electron chi connectivity index (χ3n) is 3.09. The molecule has 2 amide bonds. The summed E-state index contributed by atoms with van der Waals surface area (Å²) in [5.74, 6) is 0. The molecule has 0 bridgehead atoms. The molecule has 0 unspecified atom stereocenters. The average molecular weight is 402 g/mol. The van der Waals surface area contributed by atoms with Crippen LogP contribution in [0.2, 0.25) is 0 Å². The fraction of sp³-hybridized carbons (Fsp3) is 0. The Bertz CT molecular complexity index is 1050. The highest BCUT2D eigenvalue weighted by atomic mass is 32.2. The average Bonchev–Trinajstić information content (AvgIpc) is 2.49. The molecule has 0 saturated heterocycles. The number of anilines is 4. The maximum atomic E-state index is 12.3. The zero-order valence-corrected chi connectivity index (χ0v) is 14.5. The summed E-state index contributed by atoms with van der Waals surface area (Å²) >= 11 is 0. The number of carbonyl (C=O) groups excluding carboxylic acids is 1. The van der Waals surface area contributed by atoms with Gasteiger partial charge in [0.1, 0.15) is 4.90 Å². The second kappa shape index (κ2) is 6.80. The highest BCUT2D eigenvalue weighted by molar-refractivity contribution is 7.88. The van der Waals surface area contributed by atoms with Gasteiger partial charge < -0.3 is 16.8 Å². The molecule has 13 heteroatoms. The molecule has 7 N–H and O–H groups in total. The van der Waals surface area contributed by atoms with Crippen molar-refractivity contribution in [2.24, 2.45) is 0 Å². The van der Waals surface area contributed by atoms with Gasteiger partial charge in [-0.2, -0.15) is 21.1 Å². The van der Waals surface area contributed by atoms with Gasteiger partial charge >= 0.3 is 16.3 Å². The van der Waals surface area contributed by atoms with E-state index in [1.165, 1.54) is 24.3 Å². The predicted octanol–water partition coefficient (Wildman–Crippen LogP) is 0.939. The van der Waals surface area contributed by atoms with E-state index in [0.717, 1.165) is 12.1 Å². The van der Waals surface area contributed by atoms with Gasteiger partial charge in [0.2, 0.25) is 0 Å². The number of hydrogen-bond donors (Lipinski definition) is 5. The molecule has 0 heterocycles. The Morgan fingerprint density at radius 1 is 0.962 bits per heavy atom. The number of nitrogens with two attached hydrogens (primary N) is 2. The molecule has 140 valence electrons. The summed E-state index contributed by atoms with van der Waals surface area (Å²) in [6, 6.07) is 6.86. The first-order valence-corrected chi connectivity index (χ1v) is 9.54. The number of nitrogens with one attached hydrogen (secondary N) is 1. The summed E-state index contributed by atoms with van der Waals surface area (Å²) in [7, 11) is -9.94. The first kappa shape index (κ1) is 19.5. The SMILES string of the molecule is Nc1ccc(NC(=O)N(c2ccc(N)c(S(=O)(=O)O)c2)S(=O)(=O)O)cc1. The molecule has 0 aliphatic carbocycles. The van der Waals surface area contributed by atoms with Crippen LogP contribution in [0.15, 0.2) is 47.4 Å². The van der Waals surface area contributed by atoms with E-state index < -0.39 is 37.0 Å². The Morgan fingerprint density at radius 3 is 2.04 bits per heavy atom. The van der Waals surface area contributed by atoms with Crippen molar-refractivity contribution in [3.63, 3.8) is 0 Å². The summed E-state index contributed by atoms with van der Waals surface area (Å²) in [6.45, 7) is 0. The van der Waals surface area contributed by atoms with Crippen LogP contribution >= 0.6 is 0 Å². The van der Waals surface area contributed by atoms with Crippen LogP contribution < -0.4 is 21.1 Å². The van der Waals surface area contributed by atoms with E-state index in [0.29, 0.717) is 11.8 Å². The van der Waals surface area contributed by atoms with Gasteiger partial charge in [0.05, 0.1) is 11.4 Å². The van der Waals surface area contributed by atoms with Crippen molar-refractivity contribution < 1.29 is 30.7 Å². The lowest BCUT2D eigenvalue weighted by molar-refractivity contribution is 0.259. The highest BCUT2D eigenvalue weighted by Gasteiger charge is 2.29. The molecule has 2 aromatic rings. The van der Waals surface area contributed by atoms with Gasteiger partial charge in [-0.05, 0) is 42.5 Å². The molecular weight excluding hydrogens is 388 g/mol. The van der Waals surface area contributed by atoms with Gasteiger partial charge in [-0.15, -0.1) is 0 Å². The van der Waals surface area contributed by atoms with E-state index in [4.69, 9.17) is 16.0 Å². The maximum absolute atomic E-state index is 12.3. The molecule has 26 heavy (non-hydrogen) atoms. The van der Waals surface area contributed by atoms with Crippen molar-refractivity contribution in [3.8, 4) is 0 Å². The van der Waals surface area contributed by atoms with Crippen molar-refractivity contribution in [3.05, 3.63) is 42.5 Å². The molecule has 0 radical (unpaired) electrons. The number of nitrogen functional groups attached to an aromatic ring is 2. The molecule has 0 saturated carbocycles. The fourth-order valence-corrected chi connectivity index (χ4v) is 3.24. The van der Waals surface area contributed by atoms with Crippen molar-refractivity contribution in [1.82, 2.24) is 0 Å². The lowest BCUT2D eigenvalue weighted by Crippen LogP contribution is -2.39. The lowest BCUT2D eigenvalue weighted by Gasteiger charge is -2.20. The minimum Gasteiger partial charge on any atom is -0.399 e. The number of rotatable bonds is 4. The smallest absolute Gasteiger partial charge is 0.368 e. The maximum Gasteiger partial charge on any atom is 0.368 e. The molecule has 0 spiro atoms. The van der Waals surface area contributed by atoms with Crippen molar-refractivity contribution in [2.75, 3.05) is 21.1 Å². The fourth-order valence-electron chi connectivity index (χ4n) is 1.97. The van der Waals surface area contributed by atoms with Crippen molar-refractivity contribution in [2.45, 2.75) is 4.90 Å². The van der Waals surface area contributed by atoms with Crippen LogP contribution in [-0.4, -0.2) is 32.0 Å². The lowest BCUT2D eigenvalue weighted by atomic mass is 10.3. The van der Waals surface area contributed by atoms with Gasteiger partial charge in [-0.1, -0.05) is 0 Å². The largest absolute Gasteiger partial charge is 0.399 e. The molecular formula is C13H14N4O7S2. The normalized spacial score (nSPS) is 11.8. The van der Waals surface area contributed by atoms with Crippen LogP contribution in [0, 0.1) is 0 Å². The van der Waals surface area contributed by atoms with E-state index in [2.05, 4.69) is 5.32 Å². The zero-order chi connectivity index (χ0) is 19.7. The number of nitrogens with zero attached hydrogens (tertiary/aromatic N) is 1. The van der Waals surface area contributed by atoms with Gasteiger partial charge in [-0.25, -0.2) is 4.79 Å². The second-order valence-electron chi connectivity index (χ2n) is 4.99. The molecule has 0 aromatic heterocycles. The van der Waals surface area contributed by atoms with Crippen LogP contribution in [0.1, 0.15) is 0 Å². The summed E-state index contributed by atoms with van der Waals surface area (Å²) < 4.78 is 64.2. The number of carbonyl (C=O) groups is 1. The first-order valence-electron chi connectivity index (χ1n) is 6.71. The van der Waals surface area contributed by atoms with E-state index in [1.54, 1.807) is 0 Å². The summed E-state index contributed by atoms with van der Waals surface area (Å²) in [6.07, 6.45) is 0. The minimum absolute atomic E-state index is 0.0997. The molecule has 0 aliphatic heterocycles. The van der Waals surface area contributed by atoms with Crippen LogP contribution in [0.3, 0.4) is 0 Å². The minimum atomic E-state index is -5.14. The quantitative estimate of drug-likeness (QED) is 0.365. The van der Waals surface area contributed by atoms with Crippen LogP contribution in [0.25, 0.3) is 0 Å². The summed E-state index contributed by atoms with van der Waals surface area (Å²) in [5, 5.41) is 2.20. The van der Waals surface area contributed by atoms with Crippen molar-refractivity contribution in [1.29, 1.82) is 0 Å². The topological polar surface area (TPSA) is 193 Å². The first-order chi connectivity index (χ1) is 11.9.